The van der Waals surface area contributed by atoms with E-state index >= 15 is 0 Å². The average Bonchev–Trinajstić information content (AvgIpc) is 2.94. The van der Waals surface area contributed by atoms with Gasteiger partial charge in [-0.1, -0.05) is 42.2 Å². The van der Waals surface area contributed by atoms with Crippen LogP contribution in [0, 0.1) is 11.8 Å². The predicted molar refractivity (Wildman–Crippen MR) is 123 cm³/mol. The maximum absolute atomic E-state index is 13.0. The number of fused-ring (bicyclic) bond motifs is 1. The maximum Gasteiger partial charge on any atom is 0.310 e. The van der Waals surface area contributed by atoms with Crippen molar-refractivity contribution in [1.29, 1.82) is 0 Å². The van der Waals surface area contributed by atoms with E-state index in [-0.39, 0.29) is 19.8 Å². The number of nitrogens with zero attached hydrogens (tertiary/aromatic N) is 1. The molecule has 0 aromatic heterocycles. The summed E-state index contributed by atoms with van der Waals surface area (Å²) in [5, 5.41) is 15.1. The summed E-state index contributed by atoms with van der Waals surface area (Å²) < 4.78 is 10.7. The van der Waals surface area contributed by atoms with Gasteiger partial charge in [0.15, 0.2) is 5.60 Å². The number of likely N-dealkylation sites (N-methyl/N-ethyl adjacent to an activating group) is 1. The zero-order valence-electron chi connectivity index (χ0n) is 18.7. The van der Waals surface area contributed by atoms with Crippen molar-refractivity contribution < 1.29 is 29.0 Å². The minimum Gasteiger partial charge on any atom is -0.489 e. The Balaban J connectivity index is 1.36. The van der Waals surface area contributed by atoms with Gasteiger partial charge in [0.1, 0.15) is 18.4 Å². The Morgan fingerprint density at radius 2 is 1.94 bits per heavy atom. The molecule has 2 aromatic rings. The highest BCUT2D eigenvalue weighted by molar-refractivity contribution is 6.35. The molecule has 2 aliphatic heterocycles. The fraction of sp³-hybridized carbons (Fsp3) is 0.320. The Kier molecular flexibility index (Phi) is 6.82. The summed E-state index contributed by atoms with van der Waals surface area (Å²) >= 11 is 0. The summed E-state index contributed by atoms with van der Waals surface area (Å²) in [6, 6.07) is 13.6. The first kappa shape index (κ1) is 23.3. The molecule has 176 valence electrons. The lowest BCUT2D eigenvalue weighted by atomic mass is 10.0. The minimum atomic E-state index is -1.15. The van der Waals surface area contributed by atoms with Crippen LogP contribution >= 0.6 is 0 Å². The first-order valence-electron chi connectivity index (χ1n) is 10.8. The number of hydrogen-bond donors (Lipinski definition) is 3. The summed E-state index contributed by atoms with van der Waals surface area (Å²) in [6.45, 7) is 0.490. The number of hydrogen-bond acceptors (Lipinski definition) is 6. The molecule has 1 fully saturated rings. The number of amides is 3. The van der Waals surface area contributed by atoms with Crippen molar-refractivity contribution in [3.8, 4) is 17.6 Å². The fourth-order valence-electron chi connectivity index (χ4n) is 3.50. The first-order chi connectivity index (χ1) is 16.3. The monoisotopic (exact) mass is 463 g/mol. The van der Waals surface area contributed by atoms with Crippen molar-refractivity contribution in [3.05, 3.63) is 59.7 Å². The molecule has 2 aromatic carbocycles. The number of ether oxygens (including phenoxy) is 2. The van der Waals surface area contributed by atoms with Gasteiger partial charge in [0, 0.05) is 19.2 Å². The highest BCUT2D eigenvalue weighted by Gasteiger charge is 2.34. The van der Waals surface area contributed by atoms with Gasteiger partial charge in [-0.3, -0.25) is 14.4 Å². The van der Waals surface area contributed by atoms with E-state index in [1.165, 1.54) is 4.90 Å². The molecular weight excluding hydrogens is 438 g/mol. The highest BCUT2D eigenvalue weighted by Crippen LogP contribution is 2.31. The molecule has 34 heavy (non-hydrogen) atoms. The third kappa shape index (κ3) is 5.36. The van der Waals surface area contributed by atoms with E-state index in [1.807, 2.05) is 30.3 Å². The largest absolute Gasteiger partial charge is 0.489 e. The van der Waals surface area contributed by atoms with E-state index in [0.29, 0.717) is 30.0 Å². The van der Waals surface area contributed by atoms with E-state index in [0.717, 1.165) is 5.56 Å². The number of nitrogens with one attached hydrogen (secondary N) is 2. The standard InChI is InChI=1S/C25H25N3O6/c1-28-20-13-18(9-11-25(32)15-33-16-25)7-8-21(20)34-14-19(24(28)31)27-23(30)22(29)26-12-10-17-5-3-2-4-6-17/h2-8,13,19,32H,10,12,14-16H2,1H3,(H,26,29)(H,27,30)/t19-/m0/s1. The van der Waals surface area contributed by atoms with Crippen molar-refractivity contribution in [2.45, 2.75) is 18.1 Å². The molecule has 1 atom stereocenters. The summed E-state index contributed by atoms with van der Waals surface area (Å²) in [6.07, 6.45) is 0.582. The van der Waals surface area contributed by atoms with Gasteiger partial charge in [-0.2, -0.15) is 0 Å². The van der Waals surface area contributed by atoms with Crippen molar-refractivity contribution in [3.63, 3.8) is 0 Å². The number of aliphatic hydroxyl groups is 1. The number of benzene rings is 2. The number of carbonyl (C=O) groups is 3. The van der Waals surface area contributed by atoms with Crippen LogP contribution in [-0.4, -0.2) is 67.9 Å². The van der Waals surface area contributed by atoms with Gasteiger partial charge in [0.25, 0.3) is 5.91 Å². The van der Waals surface area contributed by atoms with Gasteiger partial charge in [0.05, 0.1) is 18.9 Å². The molecule has 9 heteroatoms. The molecule has 3 amide bonds. The zero-order valence-corrected chi connectivity index (χ0v) is 18.7. The summed E-state index contributed by atoms with van der Waals surface area (Å²) in [5.74, 6) is 3.94. The van der Waals surface area contributed by atoms with Gasteiger partial charge in [-0.25, -0.2) is 0 Å². The van der Waals surface area contributed by atoms with Crippen molar-refractivity contribution in [1.82, 2.24) is 10.6 Å². The van der Waals surface area contributed by atoms with E-state index in [9.17, 15) is 19.5 Å². The molecule has 0 bridgehead atoms. The SMILES string of the molecule is CN1C(=O)[C@@H](NC(=O)C(=O)NCCc2ccccc2)COc2ccc(C#CC3(O)COC3)cc21. The fourth-order valence-corrected chi connectivity index (χ4v) is 3.50. The molecule has 2 aliphatic rings. The van der Waals surface area contributed by atoms with E-state index in [1.54, 1.807) is 25.2 Å². The Bertz CT molecular complexity index is 1150. The van der Waals surface area contributed by atoms with Crippen LogP contribution in [0.25, 0.3) is 0 Å². The van der Waals surface area contributed by atoms with Crippen LogP contribution in [0.4, 0.5) is 5.69 Å². The van der Waals surface area contributed by atoms with Gasteiger partial charge in [-0.05, 0) is 30.2 Å². The minimum absolute atomic E-state index is 0.124. The Hall–Kier alpha value is -3.87. The Morgan fingerprint density at radius 1 is 1.18 bits per heavy atom. The molecule has 3 N–H and O–H groups in total. The molecule has 0 aliphatic carbocycles. The zero-order chi connectivity index (χ0) is 24.1. The lowest BCUT2D eigenvalue weighted by Gasteiger charge is -2.30. The van der Waals surface area contributed by atoms with Crippen LogP contribution in [0.15, 0.2) is 48.5 Å². The normalized spacial score (nSPS) is 18.2. The first-order valence-corrected chi connectivity index (χ1v) is 10.8. The Morgan fingerprint density at radius 3 is 2.65 bits per heavy atom. The molecule has 9 nitrogen and oxygen atoms in total. The van der Waals surface area contributed by atoms with Crippen molar-refractivity contribution in [2.24, 2.45) is 0 Å². The van der Waals surface area contributed by atoms with Crippen LogP contribution in [0.3, 0.4) is 0 Å². The quantitative estimate of drug-likeness (QED) is 0.434. The van der Waals surface area contributed by atoms with Gasteiger partial charge in [0.2, 0.25) is 0 Å². The van der Waals surface area contributed by atoms with Crippen molar-refractivity contribution in [2.75, 3.05) is 38.3 Å². The number of anilines is 1. The number of carbonyl (C=O) groups excluding carboxylic acids is 3. The molecule has 2 heterocycles. The maximum atomic E-state index is 13.0. The molecule has 1 saturated heterocycles. The molecular formula is C25H25N3O6. The predicted octanol–water partition coefficient (Wildman–Crippen LogP) is -0.00170. The third-order valence-electron chi connectivity index (χ3n) is 5.53. The van der Waals surface area contributed by atoms with Gasteiger partial charge >= 0.3 is 11.8 Å². The van der Waals surface area contributed by atoms with E-state index in [4.69, 9.17) is 9.47 Å². The highest BCUT2D eigenvalue weighted by atomic mass is 16.5. The third-order valence-corrected chi connectivity index (χ3v) is 5.53. The molecule has 0 saturated carbocycles. The lowest BCUT2D eigenvalue weighted by molar-refractivity contribution is -0.140. The van der Waals surface area contributed by atoms with Crippen molar-refractivity contribution >= 4 is 23.4 Å². The topological polar surface area (TPSA) is 117 Å². The number of rotatable bonds is 4. The van der Waals surface area contributed by atoms with E-state index < -0.39 is 29.4 Å². The lowest BCUT2D eigenvalue weighted by Crippen LogP contribution is -2.53. The van der Waals surface area contributed by atoms with Gasteiger partial charge < -0.3 is 30.1 Å². The van der Waals surface area contributed by atoms with Crippen LogP contribution in [-0.2, 0) is 25.5 Å². The second-order valence-electron chi connectivity index (χ2n) is 8.18. The smallest absolute Gasteiger partial charge is 0.310 e. The second kappa shape index (κ2) is 9.95. The summed E-state index contributed by atoms with van der Waals surface area (Å²) in [5.41, 5.74) is 0.941. The molecule has 0 unspecified atom stereocenters. The van der Waals surface area contributed by atoms with E-state index in [2.05, 4.69) is 22.5 Å². The molecule has 4 rings (SSSR count). The molecule has 0 radical (unpaired) electrons. The van der Waals surface area contributed by atoms with Crippen LogP contribution in [0.2, 0.25) is 0 Å². The van der Waals surface area contributed by atoms with Crippen LogP contribution in [0.5, 0.6) is 5.75 Å². The van der Waals surface area contributed by atoms with Gasteiger partial charge in [-0.15, -0.1) is 0 Å². The summed E-state index contributed by atoms with van der Waals surface area (Å²) in [7, 11) is 1.56. The molecule has 0 spiro atoms. The van der Waals surface area contributed by atoms with Crippen LogP contribution < -0.4 is 20.3 Å². The second-order valence-corrected chi connectivity index (χ2v) is 8.18. The Labute approximate surface area is 197 Å². The average molecular weight is 463 g/mol. The van der Waals surface area contributed by atoms with Crippen LogP contribution in [0.1, 0.15) is 11.1 Å². The summed E-state index contributed by atoms with van der Waals surface area (Å²) in [4.78, 5) is 38.9.